The zero-order chi connectivity index (χ0) is 32.1. The molecule has 0 bridgehead atoms. The Kier molecular flexibility index (Phi) is 8.11. The van der Waals surface area contributed by atoms with Crippen molar-refractivity contribution in [1.82, 2.24) is 0 Å². The van der Waals surface area contributed by atoms with E-state index in [9.17, 15) is 52.6 Å². The molecule has 226 valence electrons. The number of nitrogens with one attached hydrogen (secondary N) is 1. The maximum absolute atomic E-state index is 12.2. The number of rotatable bonds is 8. The number of nitrogens with zero attached hydrogens (tertiary/aromatic N) is 3. The van der Waals surface area contributed by atoms with Gasteiger partial charge in [-0.3, -0.25) is 18.4 Å². The molecular formula is C22H17N5O11S5. The van der Waals surface area contributed by atoms with E-state index in [1.54, 1.807) is 0 Å². The second-order valence-corrected chi connectivity index (χ2v) is 15.7. The Morgan fingerprint density at radius 2 is 1.44 bits per heavy atom. The quantitative estimate of drug-likeness (QED) is 0.131. The lowest BCUT2D eigenvalue weighted by Crippen LogP contribution is -2.09. The van der Waals surface area contributed by atoms with E-state index in [0.717, 1.165) is 23.7 Å². The Bertz CT molecular complexity index is 2340. The molecule has 0 aliphatic rings. The predicted octanol–water partition coefficient (Wildman–Crippen LogP) is 3.55. The summed E-state index contributed by atoms with van der Waals surface area (Å²) in [7, 11) is -19.2. The molecule has 43 heavy (non-hydrogen) atoms. The highest BCUT2D eigenvalue weighted by molar-refractivity contribution is 7.92. The summed E-state index contributed by atoms with van der Waals surface area (Å²) in [5.41, 5.74) is 6.07. The van der Waals surface area contributed by atoms with Crippen molar-refractivity contribution in [2.75, 3.05) is 16.7 Å². The number of thiophene rings is 1. The number of nitriles is 1. The van der Waals surface area contributed by atoms with Crippen LogP contribution in [0.1, 0.15) is 5.56 Å². The van der Waals surface area contributed by atoms with Gasteiger partial charge in [-0.05, 0) is 42.0 Å². The molecule has 0 amide bonds. The van der Waals surface area contributed by atoms with Crippen LogP contribution >= 0.6 is 11.3 Å². The Hall–Kier alpha value is -4.01. The van der Waals surface area contributed by atoms with Gasteiger partial charge in [-0.2, -0.15) is 30.5 Å². The van der Waals surface area contributed by atoms with E-state index in [2.05, 4.69) is 15.0 Å². The summed E-state index contributed by atoms with van der Waals surface area (Å²) in [6.07, 6.45) is 0.935. The molecule has 3 aromatic carbocycles. The first-order chi connectivity index (χ1) is 19.7. The monoisotopic (exact) mass is 687 g/mol. The highest BCUT2D eigenvalue weighted by Gasteiger charge is 2.26. The molecular weight excluding hydrogens is 671 g/mol. The number of hydrogen-bond acceptors (Lipinski definition) is 13. The molecule has 1 aromatic heterocycles. The average molecular weight is 688 g/mol. The zero-order valence-corrected chi connectivity index (χ0v) is 25.3. The van der Waals surface area contributed by atoms with Crippen LogP contribution in [0, 0.1) is 11.3 Å². The van der Waals surface area contributed by atoms with Gasteiger partial charge in [-0.15, -0.1) is 10.2 Å². The van der Waals surface area contributed by atoms with Crippen LogP contribution in [0.2, 0.25) is 0 Å². The van der Waals surface area contributed by atoms with Crippen molar-refractivity contribution in [3.05, 3.63) is 54.1 Å². The molecule has 4 aromatic rings. The summed E-state index contributed by atoms with van der Waals surface area (Å²) in [6.45, 7) is 0. The van der Waals surface area contributed by atoms with Crippen LogP contribution in [0.25, 0.3) is 21.9 Å². The fourth-order valence-corrected chi connectivity index (χ4v) is 7.39. The smallest absolute Gasteiger partial charge is 0.295 e. The van der Waals surface area contributed by atoms with Crippen molar-refractivity contribution in [3.8, 4) is 17.2 Å². The summed E-state index contributed by atoms with van der Waals surface area (Å²) >= 11 is 0.782. The first kappa shape index (κ1) is 31.9. The number of benzene rings is 3. The molecule has 6 N–H and O–H groups in total. The highest BCUT2D eigenvalue weighted by Crippen LogP contribution is 2.45. The van der Waals surface area contributed by atoms with Crippen molar-refractivity contribution < 1.29 is 47.3 Å². The van der Waals surface area contributed by atoms with Crippen molar-refractivity contribution in [3.63, 3.8) is 0 Å². The maximum Gasteiger partial charge on any atom is 0.295 e. The van der Waals surface area contributed by atoms with Gasteiger partial charge in [0.1, 0.15) is 25.9 Å². The first-order valence-corrected chi connectivity index (χ1v) is 18.1. The van der Waals surface area contributed by atoms with Crippen LogP contribution in [0.15, 0.2) is 73.4 Å². The molecule has 0 radical (unpaired) electrons. The normalized spacial score (nSPS) is 12.9. The van der Waals surface area contributed by atoms with E-state index in [-0.39, 0.29) is 32.4 Å². The molecule has 16 nitrogen and oxygen atoms in total. The molecule has 4 rings (SSSR count). The number of azo groups is 1. The van der Waals surface area contributed by atoms with Gasteiger partial charge in [0.15, 0.2) is 0 Å². The number of hydrogen-bond donors (Lipinski definition) is 5. The van der Waals surface area contributed by atoms with Crippen LogP contribution in [-0.2, 0) is 40.4 Å². The number of fused-ring (bicyclic) bond motifs is 1. The highest BCUT2D eigenvalue weighted by atomic mass is 32.2. The Balaban J connectivity index is 1.98. The molecule has 0 fully saturated rings. The molecule has 1 heterocycles. The minimum atomic E-state index is -5.25. The van der Waals surface area contributed by atoms with Gasteiger partial charge in [0.05, 0.1) is 22.4 Å². The SMILES string of the molecule is CS(=O)(=O)Nc1cccc(-c2c(/N=N/c3cc(S(=O)(=O)O)c4cc(S(=O)(=O)O)cc(S(=O)(=O)O)c4c3)sc(N)c2C#N)c1. The first-order valence-electron chi connectivity index (χ1n) is 11.1. The molecule has 0 unspecified atom stereocenters. The lowest BCUT2D eigenvalue weighted by Gasteiger charge is -2.11. The largest absolute Gasteiger partial charge is 0.389 e. The van der Waals surface area contributed by atoms with Crippen molar-refractivity contribution in [1.29, 1.82) is 5.26 Å². The predicted molar refractivity (Wildman–Crippen MR) is 155 cm³/mol. The van der Waals surface area contributed by atoms with E-state index in [1.807, 2.05) is 6.07 Å². The molecule has 0 spiro atoms. The number of sulfonamides is 1. The number of nitrogen functional groups attached to an aromatic ring is 1. The van der Waals surface area contributed by atoms with Gasteiger partial charge in [-0.25, -0.2) is 8.42 Å². The summed E-state index contributed by atoms with van der Waals surface area (Å²) in [5, 5.41) is 16.3. The lowest BCUT2D eigenvalue weighted by atomic mass is 10.0. The van der Waals surface area contributed by atoms with E-state index >= 15 is 0 Å². The second-order valence-electron chi connectivity index (χ2n) is 8.67. The molecule has 0 saturated heterocycles. The fourth-order valence-electron chi connectivity index (χ4n) is 3.93. The van der Waals surface area contributed by atoms with Gasteiger partial charge in [0.2, 0.25) is 10.0 Å². The lowest BCUT2D eigenvalue weighted by molar-refractivity contribution is 0.478. The van der Waals surface area contributed by atoms with Gasteiger partial charge >= 0.3 is 0 Å². The van der Waals surface area contributed by atoms with Crippen LogP contribution < -0.4 is 10.5 Å². The Morgan fingerprint density at radius 3 is 2.00 bits per heavy atom. The Morgan fingerprint density at radius 1 is 0.837 bits per heavy atom. The van der Waals surface area contributed by atoms with Crippen LogP contribution in [0.4, 0.5) is 21.4 Å². The number of anilines is 2. The Labute approximate surface area is 248 Å². The molecule has 0 atom stereocenters. The van der Waals surface area contributed by atoms with E-state index in [1.165, 1.54) is 24.3 Å². The van der Waals surface area contributed by atoms with Crippen molar-refractivity contribution in [2.45, 2.75) is 14.7 Å². The minimum absolute atomic E-state index is 0.00327. The van der Waals surface area contributed by atoms with Crippen molar-refractivity contribution in [2.24, 2.45) is 10.2 Å². The molecule has 0 aliphatic heterocycles. The zero-order valence-electron chi connectivity index (χ0n) is 21.2. The topological polar surface area (TPSA) is 284 Å². The van der Waals surface area contributed by atoms with Gasteiger partial charge < -0.3 is 5.73 Å². The standard InChI is InChI=1S/C22H17N5O11S5/c1-40(28,29)27-12-4-2-3-11(5-12)20-17(10-23)21(24)39-22(20)26-25-13-6-15-16(18(7-13)42(33,34)35)8-14(41(30,31)32)9-19(15)43(36,37)38/h2-9,27H,24H2,1H3,(H,30,31,32)(H,33,34,35)(H,36,37,38)/b26-25+. The van der Waals surface area contributed by atoms with Crippen LogP contribution in [0.3, 0.4) is 0 Å². The average Bonchev–Trinajstić information content (AvgIpc) is 3.18. The van der Waals surface area contributed by atoms with Crippen LogP contribution in [0.5, 0.6) is 0 Å². The third kappa shape index (κ3) is 6.98. The summed E-state index contributed by atoms with van der Waals surface area (Å²) in [5.74, 6) is 0. The third-order valence-electron chi connectivity index (χ3n) is 5.55. The molecule has 21 heteroatoms. The summed E-state index contributed by atoms with van der Waals surface area (Å²) in [6, 6.07) is 10.3. The molecule has 0 saturated carbocycles. The fraction of sp³-hybridized carbons (Fsp3) is 0.0455. The van der Waals surface area contributed by atoms with Crippen molar-refractivity contribution >= 4 is 83.9 Å². The summed E-state index contributed by atoms with van der Waals surface area (Å²) in [4.78, 5) is -3.28. The van der Waals surface area contributed by atoms with E-state index in [0.29, 0.717) is 18.2 Å². The maximum atomic E-state index is 12.2. The second kappa shape index (κ2) is 10.9. The van der Waals surface area contributed by atoms with Crippen LogP contribution in [-0.4, -0.2) is 53.6 Å². The minimum Gasteiger partial charge on any atom is -0.389 e. The van der Waals surface area contributed by atoms with Gasteiger partial charge in [0, 0.05) is 22.0 Å². The van der Waals surface area contributed by atoms with Gasteiger partial charge in [-0.1, -0.05) is 23.5 Å². The van der Waals surface area contributed by atoms with E-state index < -0.39 is 71.5 Å². The molecule has 0 aliphatic carbocycles. The third-order valence-corrected chi connectivity index (χ3v) is 9.67. The van der Waals surface area contributed by atoms with E-state index in [4.69, 9.17) is 5.73 Å². The number of nitrogens with two attached hydrogens (primary N) is 1. The van der Waals surface area contributed by atoms with Gasteiger partial charge in [0.25, 0.3) is 30.4 Å². The summed E-state index contributed by atoms with van der Waals surface area (Å²) < 4.78 is 127.